The molecule has 8 aromatic rings. The molecule has 10 rings (SSSR count). The van der Waals surface area contributed by atoms with Gasteiger partial charge in [-0.2, -0.15) is 0 Å². The monoisotopic (exact) mass is 718 g/mol. The van der Waals surface area contributed by atoms with Gasteiger partial charge in [-0.05, 0) is 46.5 Å². The molecule has 0 saturated heterocycles. The largest absolute Gasteiger partial charge is 0.243 e. The second-order valence-electron chi connectivity index (χ2n) is 14.6. The molecular weight excluding hydrogens is 681 g/mol. The zero-order valence-corrected chi connectivity index (χ0v) is 31.3. The molecule has 0 bridgehead atoms. The first-order valence-electron chi connectivity index (χ1n) is 19.2. The van der Waals surface area contributed by atoms with E-state index in [1.165, 1.54) is 11.1 Å². The van der Waals surface area contributed by atoms with Gasteiger partial charge in [0.05, 0.1) is 22.8 Å². The number of rotatable bonds is 7. The Bertz CT molecular complexity index is 2590. The topological polar surface area (TPSA) is 49.4 Å². The lowest BCUT2D eigenvalue weighted by Gasteiger charge is -2.39. The summed E-state index contributed by atoms with van der Waals surface area (Å²) in [6.07, 6.45) is 0. The fourth-order valence-corrected chi connectivity index (χ4v) is 8.53. The fraction of sp³-hybridized carbons (Fsp3) is 0.0769. The van der Waals surface area contributed by atoms with Crippen LogP contribution in [0.5, 0.6) is 0 Å². The lowest BCUT2D eigenvalue weighted by Crippen LogP contribution is -2.43. The van der Waals surface area contributed by atoms with E-state index >= 15 is 0 Å². The molecule has 8 aromatic carbocycles. The minimum Gasteiger partial charge on any atom is -0.243 e. The average Bonchev–Trinajstić information content (AvgIpc) is 3.88. The van der Waals surface area contributed by atoms with Crippen molar-refractivity contribution >= 4 is 44.4 Å². The number of fused-ring (bicyclic) bond motifs is 2. The van der Waals surface area contributed by atoms with Gasteiger partial charge in [0.1, 0.15) is 0 Å². The Balaban J connectivity index is 1.44. The van der Waals surface area contributed by atoms with E-state index in [1.807, 2.05) is 24.3 Å². The molecule has 0 N–H and O–H groups in total. The molecule has 266 valence electrons. The normalized spacial score (nSPS) is 15.7. The van der Waals surface area contributed by atoms with Crippen molar-refractivity contribution in [2.24, 2.45) is 20.0 Å². The maximum absolute atomic E-state index is 6.01. The summed E-state index contributed by atoms with van der Waals surface area (Å²) in [5.41, 5.74) is 8.59. The molecule has 0 aliphatic carbocycles. The maximum atomic E-state index is 6.01. The summed E-state index contributed by atoms with van der Waals surface area (Å²) in [5, 5.41) is 4.42. The molecular formula is C52H38N4. The Labute approximate surface area is 327 Å². The number of aryl methyl sites for hydroxylation is 2. The van der Waals surface area contributed by atoms with Gasteiger partial charge in [-0.25, -0.2) is 20.0 Å². The van der Waals surface area contributed by atoms with Crippen LogP contribution in [0.4, 0.5) is 0 Å². The van der Waals surface area contributed by atoms with Crippen LogP contribution in [-0.2, 0) is 11.3 Å². The Morgan fingerprint density at radius 1 is 0.268 bits per heavy atom. The summed E-state index contributed by atoms with van der Waals surface area (Å²) in [7, 11) is 0. The molecule has 0 fully saturated rings. The zero-order chi connectivity index (χ0) is 37.7. The molecule has 0 amide bonds. The summed E-state index contributed by atoms with van der Waals surface area (Å²) < 4.78 is 0. The average molecular weight is 719 g/mol. The molecule has 2 aliphatic heterocycles. The second-order valence-corrected chi connectivity index (χ2v) is 14.6. The maximum Gasteiger partial charge on any atom is 0.227 e. The van der Waals surface area contributed by atoms with Crippen molar-refractivity contribution in [3.8, 4) is 0 Å². The van der Waals surface area contributed by atoms with Gasteiger partial charge in [0, 0.05) is 33.4 Å². The van der Waals surface area contributed by atoms with E-state index in [4.69, 9.17) is 20.0 Å². The summed E-state index contributed by atoms with van der Waals surface area (Å²) in [6, 6.07) is 67.8. The lowest BCUT2D eigenvalue weighted by molar-refractivity contribution is 0.261. The molecule has 0 radical (unpaired) electrons. The number of hydrogen-bond acceptors (Lipinski definition) is 4. The second kappa shape index (κ2) is 13.4. The Hall–Kier alpha value is -7.04. The lowest BCUT2D eigenvalue weighted by atomic mass is 9.78. The molecule has 0 saturated carbocycles. The highest BCUT2D eigenvalue weighted by molar-refractivity contribution is 6.56. The van der Waals surface area contributed by atoms with Gasteiger partial charge in [0.15, 0.2) is 0 Å². The molecule has 2 aliphatic rings. The van der Waals surface area contributed by atoms with Crippen molar-refractivity contribution in [3.05, 3.63) is 239 Å². The quantitative estimate of drug-likeness (QED) is 0.158. The molecule has 0 spiro atoms. The number of aliphatic imine (C=N–C) groups is 4. The van der Waals surface area contributed by atoms with Gasteiger partial charge in [-0.3, -0.25) is 0 Å². The van der Waals surface area contributed by atoms with Crippen molar-refractivity contribution in [2.75, 3.05) is 0 Å². The van der Waals surface area contributed by atoms with E-state index in [9.17, 15) is 0 Å². The molecule has 2 heterocycles. The van der Waals surface area contributed by atoms with Crippen LogP contribution in [0.2, 0.25) is 0 Å². The molecule has 4 heteroatoms. The summed E-state index contributed by atoms with van der Waals surface area (Å²) >= 11 is 0. The van der Waals surface area contributed by atoms with E-state index in [0.29, 0.717) is 0 Å². The van der Waals surface area contributed by atoms with E-state index in [1.54, 1.807) is 0 Å². The third kappa shape index (κ3) is 5.21. The minimum absolute atomic E-state index is 0.803. The van der Waals surface area contributed by atoms with Crippen LogP contribution >= 0.6 is 0 Å². The third-order valence-electron chi connectivity index (χ3n) is 11.3. The first-order chi connectivity index (χ1) is 27.6. The third-order valence-corrected chi connectivity index (χ3v) is 11.3. The molecule has 56 heavy (non-hydrogen) atoms. The minimum atomic E-state index is -1.40. The van der Waals surface area contributed by atoms with Crippen LogP contribution in [0.1, 0.15) is 44.5 Å². The van der Waals surface area contributed by atoms with Crippen LogP contribution in [0.25, 0.3) is 21.5 Å². The fourth-order valence-electron chi connectivity index (χ4n) is 8.53. The summed E-state index contributed by atoms with van der Waals surface area (Å²) in [5.74, 6) is 0. The highest BCUT2D eigenvalue weighted by Gasteiger charge is 2.61. The smallest absolute Gasteiger partial charge is 0.227 e. The zero-order valence-electron chi connectivity index (χ0n) is 31.3. The summed E-state index contributed by atoms with van der Waals surface area (Å²) in [6.45, 7) is 4.34. The Morgan fingerprint density at radius 3 is 0.804 bits per heavy atom. The van der Waals surface area contributed by atoms with E-state index in [0.717, 1.165) is 77.8 Å². The van der Waals surface area contributed by atoms with Crippen LogP contribution in [0, 0.1) is 13.8 Å². The van der Waals surface area contributed by atoms with Crippen LogP contribution in [-0.4, -0.2) is 22.8 Å². The molecule has 0 unspecified atom stereocenters. The van der Waals surface area contributed by atoms with Crippen molar-refractivity contribution in [1.29, 1.82) is 0 Å². The first-order valence-corrected chi connectivity index (χ1v) is 19.2. The van der Waals surface area contributed by atoms with E-state index < -0.39 is 11.3 Å². The highest BCUT2D eigenvalue weighted by Crippen LogP contribution is 2.57. The molecule has 0 atom stereocenters. The van der Waals surface area contributed by atoms with E-state index in [-0.39, 0.29) is 0 Å². The Morgan fingerprint density at radius 2 is 0.518 bits per heavy atom. The standard InChI is InChI=1S/C52H38N4/c1-35-31-33-45(43-29-17-15-27-41(35)43)51(53-47(37-19-7-3-8-20-37)48(54-51)38-21-9-4-10-22-38)52(46-34-32-36(2)42-28-16-18-30-44(42)46)55-49(39-23-11-5-12-24-39)50(56-52)40-25-13-6-14-26-40/h3-34H,1-2H3. The van der Waals surface area contributed by atoms with Gasteiger partial charge in [-0.15, -0.1) is 0 Å². The van der Waals surface area contributed by atoms with E-state index in [2.05, 4.69) is 184 Å². The van der Waals surface area contributed by atoms with Gasteiger partial charge >= 0.3 is 0 Å². The molecule has 4 nitrogen and oxygen atoms in total. The van der Waals surface area contributed by atoms with Crippen LogP contribution < -0.4 is 0 Å². The number of nitrogens with zero attached hydrogens (tertiary/aromatic N) is 4. The van der Waals surface area contributed by atoms with Gasteiger partial charge in [0.2, 0.25) is 11.3 Å². The van der Waals surface area contributed by atoms with Crippen molar-refractivity contribution in [2.45, 2.75) is 25.2 Å². The predicted molar refractivity (Wildman–Crippen MR) is 233 cm³/mol. The summed E-state index contributed by atoms with van der Waals surface area (Å²) in [4.78, 5) is 24.0. The van der Waals surface area contributed by atoms with Crippen molar-refractivity contribution in [1.82, 2.24) is 0 Å². The first kappa shape index (κ1) is 33.5. The SMILES string of the molecule is Cc1ccc(C2(C3(c4ccc(C)c5ccccc45)N=C(c4ccccc4)C(c4ccccc4)=N3)N=C(c3ccccc3)C(c3ccccc3)=N2)c2ccccc12. The van der Waals surface area contributed by atoms with Gasteiger partial charge in [-0.1, -0.05) is 194 Å². The number of benzene rings is 8. The van der Waals surface area contributed by atoms with Crippen LogP contribution in [0.15, 0.2) is 214 Å². The van der Waals surface area contributed by atoms with Crippen molar-refractivity contribution < 1.29 is 0 Å². The van der Waals surface area contributed by atoms with Crippen molar-refractivity contribution in [3.63, 3.8) is 0 Å². The Kier molecular flexibility index (Phi) is 8.00. The highest BCUT2D eigenvalue weighted by atomic mass is 15.3. The molecule has 0 aromatic heterocycles. The van der Waals surface area contributed by atoms with Gasteiger partial charge in [0.25, 0.3) is 0 Å². The number of hydrogen-bond donors (Lipinski definition) is 0. The van der Waals surface area contributed by atoms with Crippen LogP contribution in [0.3, 0.4) is 0 Å². The predicted octanol–water partition coefficient (Wildman–Crippen LogP) is 11.6. The van der Waals surface area contributed by atoms with Gasteiger partial charge < -0.3 is 0 Å².